The first-order valence-electron chi connectivity index (χ1n) is 5.60. The van der Waals surface area contributed by atoms with Crippen molar-refractivity contribution in [3.05, 3.63) is 103 Å². The van der Waals surface area contributed by atoms with Gasteiger partial charge >= 0.3 is 26.2 Å². The zero-order valence-corrected chi connectivity index (χ0v) is 14.0. The van der Waals surface area contributed by atoms with Crippen molar-refractivity contribution in [2.45, 2.75) is 0 Å². The Morgan fingerprint density at radius 1 is 0.632 bits per heavy atom. The monoisotopic (exact) mass is 346 g/mol. The van der Waals surface area contributed by atoms with Crippen molar-refractivity contribution in [3.63, 3.8) is 0 Å². The molecule has 3 aromatic carbocycles. The molecule has 3 rings (SSSR count). The quantitative estimate of drug-likeness (QED) is 0.543. The molecule has 0 bridgehead atoms. The third kappa shape index (κ3) is 13.2. The van der Waals surface area contributed by atoms with Gasteiger partial charge in [-0.05, 0) is 0 Å². The van der Waals surface area contributed by atoms with E-state index in [2.05, 4.69) is 6.92 Å². The molecule has 0 saturated carbocycles. The molecule has 0 amide bonds. The third-order valence-corrected chi connectivity index (χ3v) is 1.95. The molecular weight excluding hydrogens is 331 g/mol. The van der Waals surface area contributed by atoms with Crippen LogP contribution in [-0.2, 0) is 26.2 Å². The molecule has 0 aromatic heterocycles. The van der Waals surface area contributed by atoms with Crippen LogP contribution in [0.5, 0.6) is 0 Å². The summed E-state index contributed by atoms with van der Waals surface area (Å²) in [4.78, 5) is 0. The second-order valence-corrected chi connectivity index (χ2v) is 3.41. The molecule has 2 heteroatoms. The molecule has 0 nitrogen and oxygen atoms in total. The maximum atomic E-state index is 3.72. The number of rotatable bonds is 0. The second-order valence-electron chi connectivity index (χ2n) is 3.41. The summed E-state index contributed by atoms with van der Waals surface area (Å²) in [6.07, 6.45) is 0. The Balaban J connectivity index is 0. The first kappa shape index (κ1) is 20.3. The van der Waals surface area contributed by atoms with Crippen molar-refractivity contribution in [1.29, 1.82) is 0 Å². The van der Waals surface area contributed by atoms with Crippen molar-refractivity contribution in [2.24, 2.45) is 0 Å². The van der Waals surface area contributed by atoms with Crippen molar-refractivity contribution in [1.82, 2.24) is 0 Å². The van der Waals surface area contributed by atoms with Gasteiger partial charge in [0.05, 0.1) is 0 Å². The maximum Gasteiger partial charge on any atom is 4.00 e. The van der Waals surface area contributed by atoms with Gasteiger partial charge in [0.1, 0.15) is 0 Å². The molecule has 0 spiro atoms. The summed E-state index contributed by atoms with van der Waals surface area (Å²) < 4.78 is 0. The third-order valence-electron chi connectivity index (χ3n) is 1.95. The molecule has 0 fully saturated rings. The summed E-state index contributed by atoms with van der Waals surface area (Å²) in [5, 5.41) is 0. The first-order valence-corrected chi connectivity index (χ1v) is 5.60. The van der Waals surface area contributed by atoms with Crippen LogP contribution in [0.1, 0.15) is 5.56 Å². The van der Waals surface area contributed by atoms with Gasteiger partial charge in [0.25, 0.3) is 0 Å². The molecule has 0 heterocycles. The van der Waals surface area contributed by atoms with Crippen molar-refractivity contribution in [2.75, 3.05) is 0 Å². The van der Waals surface area contributed by atoms with Gasteiger partial charge in [-0.2, -0.15) is 61.0 Å². The number of benzene rings is 1. The smallest absolute Gasteiger partial charge is 1.00 e. The summed E-state index contributed by atoms with van der Waals surface area (Å²) in [5.41, 5.74) is 1.07. The van der Waals surface area contributed by atoms with Crippen LogP contribution < -0.4 is 12.4 Å². The number of hydrogen-bond donors (Lipinski definition) is 0. The van der Waals surface area contributed by atoms with Crippen LogP contribution in [0, 0.1) is 6.92 Å². The molecule has 0 aliphatic heterocycles. The minimum Gasteiger partial charge on any atom is -1.00 e. The Kier molecular flexibility index (Phi) is 16.0. The molecule has 19 heavy (non-hydrogen) atoms. The SMILES string of the molecule is [CH2-]c1ccccc1.[Cl-].[Zr+4].c1cc[cH-]c1.c1cc[cH-]c1. The average molecular weight is 348 g/mol. The van der Waals surface area contributed by atoms with Gasteiger partial charge < -0.3 is 12.4 Å². The van der Waals surface area contributed by atoms with E-state index in [0.717, 1.165) is 5.56 Å². The van der Waals surface area contributed by atoms with E-state index in [-0.39, 0.29) is 38.6 Å². The molecule has 0 aliphatic rings. The van der Waals surface area contributed by atoms with E-state index in [1.54, 1.807) is 0 Å². The van der Waals surface area contributed by atoms with Crippen LogP contribution in [0.15, 0.2) is 91.0 Å². The minimum absolute atomic E-state index is 0. The van der Waals surface area contributed by atoms with E-state index in [9.17, 15) is 0 Å². The standard InChI is InChI=1S/C7H7.2C5H5.ClH.Zr/c1-7-5-3-2-4-6-7;2*1-2-4-5-3-1;;/h2-6H,1H2;2*1-5H;1H;/q3*-1;;+4/p-1. The topological polar surface area (TPSA) is 0 Å². The predicted octanol–water partition coefficient (Wildman–Crippen LogP) is 1.68. The van der Waals surface area contributed by atoms with E-state index >= 15 is 0 Å². The molecule has 0 radical (unpaired) electrons. The van der Waals surface area contributed by atoms with Gasteiger partial charge in [0, 0.05) is 0 Å². The summed E-state index contributed by atoms with van der Waals surface area (Å²) in [5.74, 6) is 0. The Labute approximate surface area is 141 Å². The summed E-state index contributed by atoms with van der Waals surface area (Å²) >= 11 is 0. The van der Waals surface area contributed by atoms with E-state index in [1.165, 1.54) is 0 Å². The van der Waals surface area contributed by atoms with Gasteiger partial charge in [-0.1, -0.05) is 6.07 Å². The molecular formula is C17H17ClZr. The maximum absolute atomic E-state index is 3.72. The average Bonchev–Trinajstić information content (AvgIpc) is 3.09. The van der Waals surface area contributed by atoms with Gasteiger partial charge in [0.15, 0.2) is 0 Å². The van der Waals surface area contributed by atoms with Crippen molar-refractivity contribution in [3.8, 4) is 0 Å². The molecule has 0 unspecified atom stereocenters. The number of hydrogen-bond acceptors (Lipinski definition) is 0. The van der Waals surface area contributed by atoms with Gasteiger partial charge in [-0.3, -0.25) is 0 Å². The molecule has 0 N–H and O–H groups in total. The zero-order chi connectivity index (χ0) is 12.2. The van der Waals surface area contributed by atoms with Crippen LogP contribution >= 0.6 is 0 Å². The Morgan fingerprint density at radius 2 is 1.00 bits per heavy atom. The predicted molar refractivity (Wildman–Crippen MR) is 75.0 cm³/mol. The minimum atomic E-state index is 0. The van der Waals surface area contributed by atoms with Crippen LogP contribution in [0.4, 0.5) is 0 Å². The van der Waals surface area contributed by atoms with Crippen LogP contribution in [0.2, 0.25) is 0 Å². The Bertz CT molecular complexity index is 369. The fraction of sp³-hybridized carbons (Fsp3) is 0. The fourth-order valence-corrected chi connectivity index (χ4v) is 1.12. The summed E-state index contributed by atoms with van der Waals surface area (Å²) in [6.45, 7) is 3.72. The summed E-state index contributed by atoms with van der Waals surface area (Å²) in [6, 6.07) is 29.9. The van der Waals surface area contributed by atoms with Crippen molar-refractivity contribution < 1.29 is 38.6 Å². The van der Waals surface area contributed by atoms with E-state index < -0.39 is 0 Å². The van der Waals surface area contributed by atoms with E-state index in [4.69, 9.17) is 0 Å². The van der Waals surface area contributed by atoms with Gasteiger partial charge in [-0.25, -0.2) is 24.3 Å². The van der Waals surface area contributed by atoms with Gasteiger partial charge in [-0.15, -0.1) is 12.1 Å². The molecule has 0 saturated heterocycles. The van der Waals surface area contributed by atoms with Crippen LogP contribution in [0.3, 0.4) is 0 Å². The summed E-state index contributed by atoms with van der Waals surface area (Å²) in [7, 11) is 0. The molecule has 96 valence electrons. The molecule has 0 atom stereocenters. The van der Waals surface area contributed by atoms with Crippen LogP contribution in [0.25, 0.3) is 0 Å². The largest absolute Gasteiger partial charge is 4.00 e. The normalized spacial score (nSPS) is 7.37. The van der Waals surface area contributed by atoms with E-state index in [1.807, 2.05) is 91.0 Å². The molecule has 0 aliphatic carbocycles. The van der Waals surface area contributed by atoms with Crippen molar-refractivity contribution >= 4 is 0 Å². The van der Waals surface area contributed by atoms with Gasteiger partial charge in [0.2, 0.25) is 0 Å². The molecule has 3 aromatic rings. The Morgan fingerprint density at radius 3 is 1.16 bits per heavy atom. The number of halogens is 1. The second kappa shape index (κ2) is 15.0. The fourth-order valence-electron chi connectivity index (χ4n) is 1.12. The zero-order valence-electron chi connectivity index (χ0n) is 10.7. The van der Waals surface area contributed by atoms with E-state index in [0.29, 0.717) is 0 Å². The van der Waals surface area contributed by atoms with Crippen LogP contribution in [-0.4, -0.2) is 0 Å². The Hall–Kier alpha value is -1.04. The first-order chi connectivity index (χ1) is 8.39.